The van der Waals surface area contributed by atoms with E-state index in [1.807, 2.05) is 0 Å². The van der Waals surface area contributed by atoms with Gasteiger partial charge in [-0.1, -0.05) is 33.1 Å². The molecule has 2 atom stereocenters. The fourth-order valence-electron chi connectivity index (χ4n) is 8.23. The van der Waals surface area contributed by atoms with E-state index < -0.39 is 0 Å². The van der Waals surface area contributed by atoms with Gasteiger partial charge < -0.3 is 4.57 Å². The van der Waals surface area contributed by atoms with Crippen LogP contribution < -0.4 is 0 Å². The Labute approximate surface area is 153 Å². The van der Waals surface area contributed by atoms with E-state index in [0.717, 1.165) is 18.9 Å². The van der Waals surface area contributed by atoms with Gasteiger partial charge in [0.1, 0.15) is 11.6 Å². The molecule has 4 saturated carbocycles. The maximum Gasteiger partial charge on any atom is 0.133 e. The van der Waals surface area contributed by atoms with Gasteiger partial charge in [0, 0.05) is 19.4 Å². The van der Waals surface area contributed by atoms with Crippen molar-refractivity contribution in [1.82, 2.24) is 14.8 Å². The van der Waals surface area contributed by atoms with Crippen LogP contribution in [0, 0.1) is 22.2 Å². The highest BCUT2D eigenvalue weighted by Gasteiger charge is 2.64. The molecule has 1 aromatic heterocycles. The van der Waals surface area contributed by atoms with Crippen molar-refractivity contribution in [1.29, 1.82) is 0 Å². The Bertz CT molecular complexity index is 648. The second-order valence-corrected chi connectivity index (χ2v) is 10.9. The van der Waals surface area contributed by atoms with Crippen LogP contribution in [0.5, 0.6) is 0 Å². The number of rotatable bonds is 2. The van der Waals surface area contributed by atoms with Crippen LogP contribution in [-0.4, -0.2) is 14.8 Å². The van der Waals surface area contributed by atoms with Gasteiger partial charge in [-0.25, -0.2) is 0 Å². The summed E-state index contributed by atoms with van der Waals surface area (Å²) < 4.78 is 2.53. The van der Waals surface area contributed by atoms with Gasteiger partial charge in [-0.3, -0.25) is 0 Å². The van der Waals surface area contributed by atoms with E-state index in [9.17, 15) is 0 Å². The van der Waals surface area contributed by atoms with Gasteiger partial charge in [-0.2, -0.15) is 0 Å². The van der Waals surface area contributed by atoms with Gasteiger partial charge in [0.25, 0.3) is 0 Å². The van der Waals surface area contributed by atoms with E-state index >= 15 is 0 Å². The van der Waals surface area contributed by atoms with E-state index in [0.29, 0.717) is 16.2 Å². The molecule has 0 radical (unpaired) electrons. The smallest absolute Gasteiger partial charge is 0.133 e. The standard InChI is InChI=1S/C22H35N3/c1-17-10-20(2)13-21(11-17)15-22(14-20,16-21)12-19-24-23-18-8-6-4-3-5-7-9-25(18)19/h17H,3-16H2,1-2H3. The second kappa shape index (κ2) is 5.57. The predicted octanol–water partition coefficient (Wildman–Crippen LogP) is 5.32. The Morgan fingerprint density at radius 2 is 1.76 bits per heavy atom. The highest BCUT2D eigenvalue weighted by Crippen LogP contribution is 2.74. The maximum absolute atomic E-state index is 4.72. The molecule has 0 N–H and O–H groups in total. The molecular weight excluding hydrogens is 306 g/mol. The lowest BCUT2D eigenvalue weighted by Gasteiger charge is -2.70. The van der Waals surface area contributed by atoms with Crippen LogP contribution in [0.15, 0.2) is 0 Å². The van der Waals surface area contributed by atoms with Gasteiger partial charge in [-0.05, 0) is 73.5 Å². The molecule has 3 nitrogen and oxygen atoms in total. The summed E-state index contributed by atoms with van der Waals surface area (Å²) in [6, 6.07) is 0. The van der Waals surface area contributed by atoms with Crippen molar-refractivity contribution in [2.75, 3.05) is 0 Å². The fraction of sp³-hybridized carbons (Fsp3) is 0.909. The molecule has 3 heteroatoms. The summed E-state index contributed by atoms with van der Waals surface area (Å²) in [5.41, 5.74) is 1.85. The largest absolute Gasteiger partial charge is 0.315 e. The zero-order chi connectivity index (χ0) is 17.1. The van der Waals surface area contributed by atoms with E-state index in [2.05, 4.69) is 23.5 Å². The van der Waals surface area contributed by atoms with Crippen LogP contribution in [-0.2, 0) is 19.4 Å². The summed E-state index contributed by atoms with van der Waals surface area (Å²) in [5.74, 6) is 3.54. The summed E-state index contributed by atoms with van der Waals surface area (Å²) >= 11 is 0. The third-order valence-electron chi connectivity index (χ3n) is 7.95. The normalized spacial score (nSPS) is 43.4. The van der Waals surface area contributed by atoms with Gasteiger partial charge in [0.2, 0.25) is 0 Å². The molecule has 2 heterocycles. The molecule has 0 amide bonds. The maximum atomic E-state index is 4.72. The van der Waals surface area contributed by atoms with Crippen molar-refractivity contribution in [3.8, 4) is 0 Å². The Hall–Kier alpha value is -0.860. The van der Waals surface area contributed by atoms with E-state index in [4.69, 9.17) is 5.10 Å². The lowest BCUT2D eigenvalue weighted by atomic mass is 9.35. The fourth-order valence-corrected chi connectivity index (χ4v) is 8.23. The molecule has 4 aliphatic carbocycles. The molecule has 1 spiro atoms. The molecule has 138 valence electrons. The molecule has 1 aromatic rings. The molecule has 4 fully saturated rings. The van der Waals surface area contributed by atoms with Gasteiger partial charge in [-0.15, -0.1) is 10.2 Å². The first-order valence-corrected chi connectivity index (χ1v) is 10.9. The molecule has 25 heavy (non-hydrogen) atoms. The van der Waals surface area contributed by atoms with Gasteiger partial charge in [0.05, 0.1) is 0 Å². The topological polar surface area (TPSA) is 30.7 Å². The average Bonchev–Trinajstić information content (AvgIpc) is 2.88. The summed E-state index contributed by atoms with van der Waals surface area (Å²) in [5, 5.41) is 9.34. The van der Waals surface area contributed by atoms with Crippen molar-refractivity contribution in [2.45, 2.75) is 104 Å². The van der Waals surface area contributed by atoms with Crippen LogP contribution in [0.2, 0.25) is 0 Å². The summed E-state index contributed by atoms with van der Waals surface area (Å²) in [7, 11) is 0. The Kier molecular flexibility index (Phi) is 3.63. The number of nitrogens with zero attached hydrogens (tertiary/aromatic N) is 3. The predicted molar refractivity (Wildman–Crippen MR) is 100 cm³/mol. The molecule has 0 saturated heterocycles. The zero-order valence-electron chi connectivity index (χ0n) is 16.3. The molecule has 1 aliphatic heterocycles. The van der Waals surface area contributed by atoms with Crippen molar-refractivity contribution < 1.29 is 0 Å². The van der Waals surface area contributed by atoms with Crippen molar-refractivity contribution in [3.05, 3.63) is 11.6 Å². The van der Waals surface area contributed by atoms with Crippen molar-refractivity contribution in [2.24, 2.45) is 22.2 Å². The quantitative estimate of drug-likeness (QED) is 0.728. The highest BCUT2D eigenvalue weighted by atomic mass is 15.3. The SMILES string of the molecule is CC1CC2(C)CC3(Cc4nnc5n4CCCCCCC5)CC(C1)(C2)C3. The Morgan fingerprint density at radius 1 is 0.960 bits per heavy atom. The third-order valence-corrected chi connectivity index (χ3v) is 7.95. The third kappa shape index (κ3) is 2.77. The Morgan fingerprint density at radius 3 is 2.60 bits per heavy atom. The Balaban J connectivity index is 1.38. The number of hydrogen-bond donors (Lipinski definition) is 0. The minimum absolute atomic E-state index is 0.551. The van der Waals surface area contributed by atoms with E-state index in [1.54, 1.807) is 0 Å². The van der Waals surface area contributed by atoms with Crippen LogP contribution in [0.4, 0.5) is 0 Å². The highest BCUT2D eigenvalue weighted by molar-refractivity contribution is 5.17. The molecular formula is C22H35N3. The summed E-state index contributed by atoms with van der Waals surface area (Å²) in [6.07, 6.45) is 17.9. The average molecular weight is 342 g/mol. The van der Waals surface area contributed by atoms with E-state index in [1.165, 1.54) is 88.7 Å². The van der Waals surface area contributed by atoms with Crippen LogP contribution in [0.25, 0.3) is 0 Å². The molecule has 0 aromatic carbocycles. The summed E-state index contributed by atoms with van der Waals surface area (Å²) in [6.45, 7) is 6.24. The zero-order valence-corrected chi connectivity index (χ0v) is 16.3. The van der Waals surface area contributed by atoms with Crippen LogP contribution in [0.3, 0.4) is 0 Å². The molecule has 2 unspecified atom stereocenters. The first-order chi connectivity index (χ1) is 12.0. The monoisotopic (exact) mass is 341 g/mol. The first-order valence-electron chi connectivity index (χ1n) is 10.9. The van der Waals surface area contributed by atoms with Crippen LogP contribution in [0.1, 0.15) is 96.1 Å². The second-order valence-electron chi connectivity index (χ2n) is 10.9. The molecule has 6 rings (SSSR count). The van der Waals surface area contributed by atoms with Gasteiger partial charge in [0.15, 0.2) is 0 Å². The van der Waals surface area contributed by atoms with Crippen molar-refractivity contribution in [3.63, 3.8) is 0 Å². The lowest BCUT2D eigenvalue weighted by molar-refractivity contribution is -0.192. The van der Waals surface area contributed by atoms with Gasteiger partial charge >= 0.3 is 0 Å². The minimum Gasteiger partial charge on any atom is -0.315 e. The van der Waals surface area contributed by atoms with Crippen LogP contribution >= 0.6 is 0 Å². The number of fused-ring (bicyclic) bond motifs is 1. The molecule has 5 aliphatic rings. The molecule has 3 bridgehead atoms. The van der Waals surface area contributed by atoms with Crippen molar-refractivity contribution >= 4 is 0 Å². The first kappa shape index (κ1) is 16.3. The number of aryl methyl sites for hydroxylation is 1. The number of aromatic nitrogens is 3. The van der Waals surface area contributed by atoms with E-state index in [-0.39, 0.29) is 0 Å². The number of hydrogen-bond acceptors (Lipinski definition) is 2. The summed E-state index contributed by atoms with van der Waals surface area (Å²) in [4.78, 5) is 0. The minimum atomic E-state index is 0.551. The lowest BCUT2D eigenvalue weighted by Crippen LogP contribution is -2.60.